The molecule has 2 N–H and O–H groups in total. The minimum absolute atomic E-state index is 0.00221. The second-order valence-corrected chi connectivity index (χ2v) is 6.40. The third-order valence-corrected chi connectivity index (χ3v) is 4.42. The second-order valence-electron chi connectivity index (χ2n) is 6.40. The molecule has 1 saturated heterocycles. The maximum Gasteiger partial charge on any atom is 0.406 e. The van der Waals surface area contributed by atoms with Crippen molar-refractivity contribution in [3.8, 4) is 5.69 Å². The average molecular weight is 392 g/mol. The van der Waals surface area contributed by atoms with Crippen molar-refractivity contribution in [1.82, 2.24) is 24.6 Å². The van der Waals surface area contributed by atoms with E-state index in [4.69, 9.17) is 0 Å². The summed E-state index contributed by atoms with van der Waals surface area (Å²) < 4.78 is 39.1. The molecule has 0 radical (unpaired) electrons. The molecule has 8 nitrogen and oxygen atoms in total. The predicted molar refractivity (Wildman–Crippen MR) is 94.1 cm³/mol. The number of rotatable bonds is 4. The first-order chi connectivity index (χ1) is 13.3. The fourth-order valence-electron chi connectivity index (χ4n) is 3.16. The van der Waals surface area contributed by atoms with Gasteiger partial charge in [-0.2, -0.15) is 23.3 Å². The van der Waals surface area contributed by atoms with Gasteiger partial charge in [-0.05, 0) is 18.6 Å². The number of H-pyrrole nitrogens is 1. The number of hydrogen-bond donors (Lipinski definition) is 2. The van der Waals surface area contributed by atoms with Crippen molar-refractivity contribution < 1.29 is 18.0 Å². The van der Waals surface area contributed by atoms with E-state index in [1.54, 1.807) is 12.1 Å². The molecule has 28 heavy (non-hydrogen) atoms. The van der Waals surface area contributed by atoms with Gasteiger partial charge in [-0.15, -0.1) is 0 Å². The van der Waals surface area contributed by atoms with Crippen molar-refractivity contribution in [2.24, 2.45) is 0 Å². The van der Waals surface area contributed by atoms with Gasteiger partial charge >= 0.3 is 6.18 Å². The van der Waals surface area contributed by atoms with E-state index in [2.05, 4.69) is 20.4 Å². The number of carbonyl (C=O) groups is 1. The van der Waals surface area contributed by atoms with Gasteiger partial charge in [0.15, 0.2) is 5.65 Å². The van der Waals surface area contributed by atoms with Crippen LogP contribution in [0.4, 0.5) is 19.1 Å². The highest BCUT2D eigenvalue weighted by Gasteiger charge is 2.39. The number of amides is 1. The van der Waals surface area contributed by atoms with Crippen LogP contribution in [0, 0.1) is 0 Å². The second kappa shape index (κ2) is 6.66. The molecular formula is C17H15F3N6O2. The van der Waals surface area contributed by atoms with Gasteiger partial charge in [-0.3, -0.25) is 14.6 Å². The highest BCUT2D eigenvalue weighted by atomic mass is 19.4. The first kappa shape index (κ1) is 18.0. The van der Waals surface area contributed by atoms with Crippen LogP contribution in [0.1, 0.15) is 6.42 Å². The number of aromatic amines is 1. The molecule has 1 aromatic carbocycles. The normalized spacial score (nSPS) is 17.5. The molecule has 0 saturated carbocycles. The predicted octanol–water partition coefficient (Wildman–Crippen LogP) is 1.68. The quantitative estimate of drug-likeness (QED) is 0.705. The number of hydrogen-bond acceptors (Lipinski definition) is 5. The van der Waals surface area contributed by atoms with Gasteiger partial charge in [-0.25, -0.2) is 4.68 Å². The molecule has 3 aromatic rings. The van der Waals surface area contributed by atoms with Crippen LogP contribution in [-0.2, 0) is 4.79 Å². The lowest BCUT2D eigenvalue weighted by Gasteiger charge is -2.18. The number of benzene rings is 1. The smallest absolute Gasteiger partial charge is 0.344 e. The monoisotopic (exact) mass is 392 g/mol. The Balaban J connectivity index is 1.62. The SMILES string of the molecule is O=C1C(Nc2nc3c(cnn3-c3ccccc3)c(=O)[nH]2)CCN1CC(F)(F)F. The van der Waals surface area contributed by atoms with Crippen LogP contribution in [0.3, 0.4) is 0 Å². The average Bonchev–Trinajstić information content (AvgIpc) is 3.20. The van der Waals surface area contributed by atoms with E-state index in [0.29, 0.717) is 5.69 Å². The highest BCUT2D eigenvalue weighted by Crippen LogP contribution is 2.22. The maximum absolute atomic E-state index is 12.5. The summed E-state index contributed by atoms with van der Waals surface area (Å²) in [6.45, 7) is -1.32. The number of halogens is 3. The molecule has 1 aliphatic rings. The summed E-state index contributed by atoms with van der Waals surface area (Å²) in [6, 6.07) is 8.14. The number of anilines is 1. The minimum Gasteiger partial charge on any atom is -0.344 e. The Labute approximate surface area is 156 Å². The molecule has 1 fully saturated rings. The Kier molecular flexibility index (Phi) is 4.28. The van der Waals surface area contributed by atoms with E-state index in [0.717, 1.165) is 4.90 Å². The Hall–Kier alpha value is -3.37. The number of alkyl halides is 3. The van der Waals surface area contributed by atoms with Crippen molar-refractivity contribution in [2.75, 3.05) is 18.4 Å². The van der Waals surface area contributed by atoms with Gasteiger partial charge < -0.3 is 10.2 Å². The summed E-state index contributed by atoms with van der Waals surface area (Å²) in [5.74, 6) is -0.681. The van der Waals surface area contributed by atoms with Crippen LogP contribution < -0.4 is 10.9 Å². The Bertz CT molecular complexity index is 1080. The lowest BCUT2D eigenvalue weighted by molar-refractivity contribution is -0.157. The zero-order valence-corrected chi connectivity index (χ0v) is 14.4. The molecule has 4 rings (SSSR count). The van der Waals surface area contributed by atoms with E-state index in [1.807, 2.05) is 18.2 Å². The highest BCUT2D eigenvalue weighted by molar-refractivity contribution is 5.86. The summed E-state index contributed by atoms with van der Waals surface area (Å²) in [6.07, 6.45) is -2.91. The topological polar surface area (TPSA) is 95.9 Å². The zero-order chi connectivity index (χ0) is 19.9. The summed E-state index contributed by atoms with van der Waals surface area (Å²) in [4.78, 5) is 32.1. The number of nitrogens with zero attached hydrogens (tertiary/aromatic N) is 4. The molecular weight excluding hydrogens is 377 g/mol. The van der Waals surface area contributed by atoms with Crippen LogP contribution in [-0.4, -0.2) is 55.9 Å². The van der Waals surface area contributed by atoms with E-state index in [-0.39, 0.29) is 29.9 Å². The molecule has 0 spiro atoms. The minimum atomic E-state index is -4.46. The van der Waals surface area contributed by atoms with E-state index in [9.17, 15) is 22.8 Å². The molecule has 2 aromatic heterocycles. The maximum atomic E-state index is 12.5. The van der Waals surface area contributed by atoms with Gasteiger partial charge in [0.25, 0.3) is 5.56 Å². The summed E-state index contributed by atoms with van der Waals surface area (Å²) in [7, 11) is 0. The largest absolute Gasteiger partial charge is 0.406 e. The third kappa shape index (κ3) is 3.42. The summed E-state index contributed by atoms with van der Waals surface area (Å²) in [5.41, 5.74) is 0.497. The van der Waals surface area contributed by atoms with Crippen molar-refractivity contribution in [1.29, 1.82) is 0 Å². The standard InChI is InChI=1S/C17H15F3N6O2/c18-17(19,20)9-25-7-6-12(15(25)28)22-16-23-13-11(14(27)24-16)8-21-26(13)10-4-2-1-3-5-10/h1-5,8,12H,6-7,9H2,(H2,22,23,24,27). The number of aromatic nitrogens is 4. The van der Waals surface area contributed by atoms with Crippen molar-refractivity contribution in [3.63, 3.8) is 0 Å². The fraction of sp³-hybridized carbons (Fsp3) is 0.294. The molecule has 0 aliphatic carbocycles. The lowest BCUT2D eigenvalue weighted by Crippen LogP contribution is -2.39. The van der Waals surface area contributed by atoms with Gasteiger partial charge in [0.2, 0.25) is 11.9 Å². The van der Waals surface area contributed by atoms with Crippen LogP contribution in [0.5, 0.6) is 0 Å². The molecule has 1 aliphatic heterocycles. The number of carbonyl (C=O) groups excluding carboxylic acids is 1. The van der Waals surface area contributed by atoms with E-state index in [1.165, 1.54) is 10.9 Å². The van der Waals surface area contributed by atoms with Crippen LogP contribution >= 0.6 is 0 Å². The van der Waals surface area contributed by atoms with Crippen LogP contribution in [0.15, 0.2) is 41.3 Å². The lowest BCUT2D eigenvalue weighted by atomic mass is 10.2. The first-order valence-electron chi connectivity index (χ1n) is 8.47. The van der Waals surface area contributed by atoms with Crippen LogP contribution in [0.2, 0.25) is 0 Å². The van der Waals surface area contributed by atoms with Crippen molar-refractivity contribution in [2.45, 2.75) is 18.6 Å². The fourth-order valence-corrected chi connectivity index (χ4v) is 3.16. The molecule has 11 heteroatoms. The number of likely N-dealkylation sites (tertiary alicyclic amines) is 1. The molecule has 1 atom stereocenters. The van der Waals surface area contributed by atoms with Gasteiger partial charge in [0, 0.05) is 6.54 Å². The van der Waals surface area contributed by atoms with E-state index >= 15 is 0 Å². The Morgan fingerprint density at radius 3 is 2.68 bits per heavy atom. The molecule has 0 bridgehead atoms. The summed E-state index contributed by atoms with van der Waals surface area (Å²) in [5, 5.41) is 7.17. The van der Waals surface area contributed by atoms with E-state index < -0.39 is 30.2 Å². The van der Waals surface area contributed by atoms with Crippen LogP contribution in [0.25, 0.3) is 16.7 Å². The Morgan fingerprint density at radius 1 is 1.21 bits per heavy atom. The molecule has 146 valence electrons. The molecule has 1 amide bonds. The Morgan fingerprint density at radius 2 is 1.96 bits per heavy atom. The van der Waals surface area contributed by atoms with Crippen molar-refractivity contribution in [3.05, 3.63) is 46.9 Å². The van der Waals surface area contributed by atoms with Gasteiger partial charge in [0.1, 0.15) is 18.0 Å². The third-order valence-electron chi connectivity index (χ3n) is 4.42. The van der Waals surface area contributed by atoms with Gasteiger partial charge in [-0.1, -0.05) is 18.2 Å². The summed E-state index contributed by atoms with van der Waals surface area (Å²) >= 11 is 0. The first-order valence-corrected chi connectivity index (χ1v) is 8.47. The molecule has 1 unspecified atom stereocenters. The zero-order valence-electron chi connectivity index (χ0n) is 14.4. The molecule has 3 heterocycles. The number of nitrogens with one attached hydrogen (secondary N) is 2. The number of para-hydroxylation sites is 1. The van der Waals surface area contributed by atoms with Gasteiger partial charge in [0.05, 0.1) is 11.9 Å². The van der Waals surface area contributed by atoms with Crippen molar-refractivity contribution >= 4 is 22.9 Å². The number of fused-ring (bicyclic) bond motifs is 1.